The first-order valence-electron chi connectivity index (χ1n) is 2.84. The van der Waals surface area contributed by atoms with Crippen LogP contribution in [0, 0.1) is 13.0 Å². The minimum Gasteiger partial charge on any atom is -0.459 e. The van der Waals surface area contributed by atoms with E-state index in [1.165, 1.54) is 19.5 Å². The van der Waals surface area contributed by atoms with E-state index in [2.05, 4.69) is 18.9 Å². The quantitative estimate of drug-likeness (QED) is 0.410. The Bertz CT molecular complexity index is 53.2. The maximum atomic E-state index is 3.82. The van der Waals surface area contributed by atoms with Gasteiger partial charge < -0.3 is 4.90 Å². The lowest BCUT2D eigenvalue weighted by Crippen LogP contribution is -2.09. The van der Waals surface area contributed by atoms with Crippen molar-refractivity contribution in [3.05, 3.63) is 7.05 Å². The fraction of sp³-hybridized carbons (Fsp3) is 0.833. The van der Waals surface area contributed by atoms with Crippen molar-refractivity contribution in [2.75, 3.05) is 13.1 Å². The molecule has 0 radical (unpaired) electrons. The second-order valence-corrected chi connectivity index (χ2v) is 2.47. The average molecular weight is 98.2 g/mol. The summed E-state index contributed by atoms with van der Waals surface area (Å²) in [5.41, 5.74) is 0. The summed E-state index contributed by atoms with van der Waals surface area (Å²) in [5.74, 6) is 0.887. The van der Waals surface area contributed by atoms with E-state index >= 15 is 0 Å². The molecule has 1 aliphatic rings. The molecule has 1 atom stereocenters. The van der Waals surface area contributed by atoms with Gasteiger partial charge in [0.05, 0.1) is 0 Å². The fourth-order valence-corrected chi connectivity index (χ4v) is 1.03. The third-order valence-electron chi connectivity index (χ3n) is 1.51. The van der Waals surface area contributed by atoms with Gasteiger partial charge in [0, 0.05) is 0 Å². The van der Waals surface area contributed by atoms with Gasteiger partial charge in [-0.1, -0.05) is 6.92 Å². The normalized spacial score (nSPS) is 34.3. The summed E-state index contributed by atoms with van der Waals surface area (Å²) in [7, 11) is 3.82. The Labute approximate surface area is 45.3 Å². The predicted octanol–water partition coefficient (Wildman–Crippen LogP) is 1.12. The third kappa shape index (κ3) is 1.16. The van der Waals surface area contributed by atoms with E-state index in [0.717, 1.165) is 5.92 Å². The minimum absolute atomic E-state index is 0.887. The second-order valence-electron chi connectivity index (χ2n) is 2.47. The molecule has 0 bridgehead atoms. The summed E-state index contributed by atoms with van der Waals surface area (Å²) in [6, 6.07) is 0. The summed E-state index contributed by atoms with van der Waals surface area (Å²) < 4.78 is 0. The zero-order valence-corrected chi connectivity index (χ0v) is 4.85. The molecule has 0 spiro atoms. The maximum Gasteiger partial charge on any atom is -0.0277 e. The summed E-state index contributed by atoms with van der Waals surface area (Å²) in [6.45, 7) is 4.66. The zero-order chi connectivity index (χ0) is 5.28. The summed E-state index contributed by atoms with van der Waals surface area (Å²) in [6.07, 6.45) is 1.34. The zero-order valence-electron chi connectivity index (χ0n) is 4.85. The second kappa shape index (κ2) is 1.83. The van der Waals surface area contributed by atoms with E-state index < -0.39 is 0 Å². The Kier molecular flexibility index (Phi) is 1.33. The van der Waals surface area contributed by atoms with Crippen LogP contribution in [-0.2, 0) is 0 Å². The van der Waals surface area contributed by atoms with Crippen LogP contribution in [0.4, 0.5) is 0 Å². The van der Waals surface area contributed by atoms with Crippen LogP contribution in [0.5, 0.6) is 0 Å². The molecular formula is C6H12N-. The molecule has 0 aromatic carbocycles. The molecule has 1 aliphatic heterocycles. The Morgan fingerprint density at radius 2 is 2.43 bits per heavy atom. The van der Waals surface area contributed by atoms with Crippen LogP contribution in [0.15, 0.2) is 0 Å². The van der Waals surface area contributed by atoms with Crippen LogP contribution in [0.2, 0.25) is 0 Å². The largest absolute Gasteiger partial charge is 0.459 e. The van der Waals surface area contributed by atoms with Gasteiger partial charge in [0.25, 0.3) is 0 Å². The molecule has 0 N–H and O–H groups in total. The third-order valence-corrected chi connectivity index (χ3v) is 1.51. The first-order valence-corrected chi connectivity index (χ1v) is 2.84. The molecule has 1 rings (SSSR count). The van der Waals surface area contributed by atoms with Gasteiger partial charge in [0.1, 0.15) is 0 Å². The van der Waals surface area contributed by atoms with E-state index in [0.29, 0.717) is 0 Å². The highest BCUT2D eigenvalue weighted by Gasteiger charge is 2.08. The van der Waals surface area contributed by atoms with Gasteiger partial charge in [-0.3, -0.25) is 7.05 Å². The Balaban J connectivity index is 2.26. The van der Waals surface area contributed by atoms with Crippen molar-refractivity contribution in [2.45, 2.75) is 13.3 Å². The van der Waals surface area contributed by atoms with Crippen molar-refractivity contribution in [1.29, 1.82) is 0 Å². The van der Waals surface area contributed by atoms with Gasteiger partial charge in [0.15, 0.2) is 0 Å². The van der Waals surface area contributed by atoms with E-state index in [-0.39, 0.29) is 0 Å². The first kappa shape index (κ1) is 5.10. The molecule has 0 aromatic rings. The standard InChI is InChI=1S/C6H12N/c1-6-3-4-7(2)5-6/h6H,2-5H2,1H3/q-1. The van der Waals surface area contributed by atoms with Gasteiger partial charge in [-0.05, 0) is 25.4 Å². The highest BCUT2D eigenvalue weighted by molar-refractivity contribution is 4.70. The van der Waals surface area contributed by atoms with Crippen LogP contribution >= 0.6 is 0 Å². The number of nitrogens with zero attached hydrogens (tertiary/aromatic N) is 1. The number of likely N-dealkylation sites (tertiary alicyclic amines) is 1. The highest BCUT2D eigenvalue weighted by Crippen LogP contribution is 2.12. The predicted molar refractivity (Wildman–Crippen MR) is 30.7 cm³/mol. The average Bonchev–Trinajstić information content (AvgIpc) is 1.87. The number of rotatable bonds is 0. The van der Waals surface area contributed by atoms with Crippen LogP contribution in [-0.4, -0.2) is 18.0 Å². The smallest absolute Gasteiger partial charge is 0.0277 e. The molecule has 1 nitrogen and oxygen atoms in total. The fourth-order valence-electron chi connectivity index (χ4n) is 1.03. The van der Waals surface area contributed by atoms with Crippen molar-refractivity contribution in [2.24, 2.45) is 5.92 Å². The van der Waals surface area contributed by atoms with E-state index in [1.807, 2.05) is 0 Å². The molecule has 7 heavy (non-hydrogen) atoms. The van der Waals surface area contributed by atoms with Gasteiger partial charge in [-0.2, -0.15) is 0 Å². The molecule has 0 aromatic heterocycles. The summed E-state index contributed by atoms with van der Waals surface area (Å²) >= 11 is 0. The summed E-state index contributed by atoms with van der Waals surface area (Å²) in [5, 5.41) is 0. The molecule has 0 saturated carbocycles. The van der Waals surface area contributed by atoms with Gasteiger partial charge in [-0.25, -0.2) is 0 Å². The monoisotopic (exact) mass is 98.1 g/mol. The van der Waals surface area contributed by atoms with Crippen LogP contribution in [0.1, 0.15) is 13.3 Å². The number of hydrogen-bond donors (Lipinski definition) is 0. The molecular weight excluding hydrogens is 86.1 g/mol. The lowest BCUT2D eigenvalue weighted by atomic mass is 10.2. The van der Waals surface area contributed by atoms with Crippen LogP contribution in [0.25, 0.3) is 0 Å². The summed E-state index contributed by atoms with van der Waals surface area (Å²) in [4.78, 5) is 2.13. The molecule has 0 amide bonds. The molecule has 1 heterocycles. The molecule has 42 valence electrons. The molecule has 1 fully saturated rings. The molecule has 0 aliphatic carbocycles. The Hall–Kier alpha value is -0.0400. The van der Waals surface area contributed by atoms with Crippen molar-refractivity contribution in [3.63, 3.8) is 0 Å². The SMILES string of the molecule is [CH2-]N1CCC(C)C1. The van der Waals surface area contributed by atoms with Gasteiger partial charge in [0.2, 0.25) is 0 Å². The van der Waals surface area contributed by atoms with E-state index in [4.69, 9.17) is 0 Å². The van der Waals surface area contributed by atoms with E-state index in [9.17, 15) is 0 Å². The van der Waals surface area contributed by atoms with Crippen molar-refractivity contribution in [3.8, 4) is 0 Å². The van der Waals surface area contributed by atoms with Crippen molar-refractivity contribution >= 4 is 0 Å². The van der Waals surface area contributed by atoms with Crippen molar-refractivity contribution in [1.82, 2.24) is 4.90 Å². The van der Waals surface area contributed by atoms with Crippen LogP contribution in [0.3, 0.4) is 0 Å². The molecule has 1 saturated heterocycles. The Morgan fingerprint density at radius 1 is 1.71 bits per heavy atom. The van der Waals surface area contributed by atoms with Gasteiger partial charge in [-0.15, -0.1) is 0 Å². The lowest BCUT2D eigenvalue weighted by molar-refractivity contribution is 0.442. The molecule has 1 heteroatoms. The Morgan fingerprint density at radius 3 is 2.57 bits per heavy atom. The van der Waals surface area contributed by atoms with E-state index in [1.54, 1.807) is 0 Å². The van der Waals surface area contributed by atoms with Crippen LogP contribution < -0.4 is 0 Å². The maximum absolute atomic E-state index is 3.82. The number of hydrogen-bond acceptors (Lipinski definition) is 1. The molecule has 1 unspecified atom stereocenters. The topological polar surface area (TPSA) is 3.24 Å². The van der Waals surface area contributed by atoms with Crippen molar-refractivity contribution < 1.29 is 0 Å². The first-order chi connectivity index (χ1) is 3.29. The lowest BCUT2D eigenvalue weighted by Gasteiger charge is -2.14. The minimum atomic E-state index is 0.887. The van der Waals surface area contributed by atoms with Gasteiger partial charge >= 0.3 is 0 Å². The highest BCUT2D eigenvalue weighted by atomic mass is 15.1.